The van der Waals surface area contributed by atoms with Gasteiger partial charge in [0, 0.05) is 23.9 Å². The van der Waals surface area contributed by atoms with Gasteiger partial charge in [0.05, 0.1) is 19.3 Å². The van der Waals surface area contributed by atoms with Gasteiger partial charge in [-0.15, -0.1) is 28.8 Å². The molecule has 1 fully saturated rings. The SMILES string of the molecule is COCC1(CNC(=O)c2cn(Cc3cccs3)nn2)CCNCC1.Cl. The van der Waals surface area contributed by atoms with Crippen LogP contribution in [0.25, 0.3) is 0 Å². The second-order valence-corrected chi connectivity index (χ2v) is 7.28. The number of carbonyl (C=O) groups is 1. The summed E-state index contributed by atoms with van der Waals surface area (Å²) in [6.07, 6.45) is 3.68. The summed E-state index contributed by atoms with van der Waals surface area (Å²) >= 11 is 1.66. The average Bonchev–Trinajstić information content (AvgIpc) is 3.26. The quantitative estimate of drug-likeness (QED) is 0.755. The molecule has 1 amide bonds. The van der Waals surface area contributed by atoms with Crippen molar-refractivity contribution in [2.45, 2.75) is 19.4 Å². The van der Waals surface area contributed by atoms with Gasteiger partial charge in [0.2, 0.25) is 0 Å². The van der Waals surface area contributed by atoms with E-state index in [1.807, 2.05) is 17.5 Å². The highest BCUT2D eigenvalue weighted by Crippen LogP contribution is 2.28. The van der Waals surface area contributed by atoms with E-state index in [0.717, 1.165) is 25.9 Å². The van der Waals surface area contributed by atoms with E-state index >= 15 is 0 Å². The van der Waals surface area contributed by atoms with Gasteiger partial charge in [-0.2, -0.15) is 0 Å². The zero-order chi connectivity index (χ0) is 16.8. The number of amides is 1. The third-order valence-electron chi connectivity index (χ3n) is 4.41. The molecule has 2 aromatic heterocycles. The number of carbonyl (C=O) groups excluding carboxylic acids is 1. The van der Waals surface area contributed by atoms with Crippen molar-refractivity contribution >= 4 is 29.7 Å². The zero-order valence-electron chi connectivity index (χ0n) is 14.2. The lowest BCUT2D eigenvalue weighted by molar-refractivity contribution is 0.0510. The minimum absolute atomic E-state index is 0. The average molecular weight is 386 g/mol. The highest BCUT2D eigenvalue weighted by molar-refractivity contribution is 7.09. The number of piperidine rings is 1. The van der Waals surface area contributed by atoms with Crippen LogP contribution in [0.15, 0.2) is 23.7 Å². The first-order valence-corrected chi connectivity index (χ1v) is 8.99. The van der Waals surface area contributed by atoms with E-state index < -0.39 is 0 Å². The molecule has 138 valence electrons. The summed E-state index contributed by atoms with van der Waals surface area (Å²) in [5.74, 6) is -0.179. The van der Waals surface area contributed by atoms with Crippen molar-refractivity contribution in [3.05, 3.63) is 34.3 Å². The van der Waals surface area contributed by atoms with Crippen LogP contribution in [-0.4, -0.2) is 54.3 Å². The first-order valence-electron chi connectivity index (χ1n) is 8.11. The summed E-state index contributed by atoms with van der Waals surface area (Å²) in [4.78, 5) is 13.5. The lowest BCUT2D eigenvalue weighted by Gasteiger charge is -2.37. The Morgan fingerprint density at radius 2 is 2.28 bits per heavy atom. The maximum atomic E-state index is 12.4. The molecule has 25 heavy (non-hydrogen) atoms. The van der Waals surface area contributed by atoms with E-state index in [1.54, 1.807) is 29.3 Å². The van der Waals surface area contributed by atoms with E-state index in [2.05, 4.69) is 20.9 Å². The summed E-state index contributed by atoms with van der Waals surface area (Å²) in [6.45, 7) is 3.79. The maximum Gasteiger partial charge on any atom is 0.273 e. The molecule has 2 aromatic rings. The predicted molar refractivity (Wildman–Crippen MR) is 99.4 cm³/mol. The molecule has 7 nitrogen and oxygen atoms in total. The topological polar surface area (TPSA) is 81.1 Å². The molecular formula is C16H24ClN5O2S. The molecule has 1 aliphatic heterocycles. The Kier molecular flexibility index (Phi) is 7.37. The lowest BCUT2D eigenvalue weighted by atomic mass is 9.79. The molecule has 0 saturated carbocycles. The number of rotatable bonds is 7. The molecule has 3 heterocycles. The molecule has 0 spiro atoms. The molecule has 1 saturated heterocycles. The zero-order valence-corrected chi connectivity index (χ0v) is 15.9. The molecule has 0 bridgehead atoms. The lowest BCUT2D eigenvalue weighted by Crippen LogP contribution is -2.47. The third kappa shape index (κ3) is 5.24. The van der Waals surface area contributed by atoms with Crippen LogP contribution in [-0.2, 0) is 11.3 Å². The van der Waals surface area contributed by atoms with Gasteiger partial charge in [-0.3, -0.25) is 4.79 Å². The van der Waals surface area contributed by atoms with E-state index in [1.165, 1.54) is 4.88 Å². The van der Waals surface area contributed by atoms with Crippen LogP contribution in [0.5, 0.6) is 0 Å². The smallest absolute Gasteiger partial charge is 0.273 e. The summed E-state index contributed by atoms with van der Waals surface area (Å²) in [5.41, 5.74) is 0.357. The Labute approximate surface area is 157 Å². The van der Waals surface area contributed by atoms with Crippen LogP contribution < -0.4 is 10.6 Å². The molecular weight excluding hydrogens is 362 g/mol. The fourth-order valence-corrected chi connectivity index (χ4v) is 3.73. The Hall–Kier alpha value is -1.48. The fourth-order valence-electron chi connectivity index (χ4n) is 3.04. The van der Waals surface area contributed by atoms with E-state index in [4.69, 9.17) is 4.74 Å². The Morgan fingerprint density at radius 3 is 2.96 bits per heavy atom. The fraction of sp³-hybridized carbons (Fsp3) is 0.562. The summed E-state index contributed by atoms with van der Waals surface area (Å²) in [5, 5.41) is 16.4. The Morgan fingerprint density at radius 1 is 1.48 bits per heavy atom. The van der Waals surface area contributed by atoms with Gasteiger partial charge in [-0.1, -0.05) is 11.3 Å². The number of aromatic nitrogens is 3. The first kappa shape index (κ1) is 19.8. The van der Waals surface area contributed by atoms with E-state index in [-0.39, 0.29) is 23.7 Å². The number of thiophene rings is 1. The van der Waals surface area contributed by atoms with Crippen molar-refractivity contribution in [2.75, 3.05) is 33.4 Å². The number of nitrogens with one attached hydrogen (secondary N) is 2. The van der Waals surface area contributed by atoms with E-state index in [0.29, 0.717) is 25.4 Å². The molecule has 0 radical (unpaired) electrons. The van der Waals surface area contributed by atoms with Gasteiger partial charge in [-0.05, 0) is 37.4 Å². The Bertz CT molecular complexity index is 650. The van der Waals surface area contributed by atoms with E-state index in [9.17, 15) is 4.79 Å². The van der Waals surface area contributed by atoms with Crippen molar-refractivity contribution in [3.8, 4) is 0 Å². The molecule has 9 heteroatoms. The van der Waals surface area contributed by atoms with Gasteiger partial charge in [0.1, 0.15) is 0 Å². The molecule has 0 aliphatic carbocycles. The molecule has 0 atom stereocenters. The molecule has 3 rings (SSSR count). The number of hydrogen-bond donors (Lipinski definition) is 2. The van der Waals surface area contributed by atoms with Gasteiger partial charge < -0.3 is 15.4 Å². The van der Waals surface area contributed by atoms with Crippen molar-refractivity contribution in [1.29, 1.82) is 0 Å². The number of methoxy groups -OCH3 is 1. The molecule has 2 N–H and O–H groups in total. The van der Waals surface area contributed by atoms with Gasteiger partial charge in [0.15, 0.2) is 5.69 Å². The largest absolute Gasteiger partial charge is 0.384 e. The van der Waals surface area contributed by atoms with Crippen LogP contribution in [0.2, 0.25) is 0 Å². The van der Waals surface area contributed by atoms with Crippen LogP contribution in [0.3, 0.4) is 0 Å². The molecule has 0 unspecified atom stereocenters. The van der Waals surface area contributed by atoms with Gasteiger partial charge >= 0.3 is 0 Å². The number of halogens is 1. The molecule has 1 aliphatic rings. The van der Waals surface area contributed by atoms with Gasteiger partial charge in [-0.25, -0.2) is 4.68 Å². The first-order chi connectivity index (χ1) is 11.7. The predicted octanol–water partition coefficient (Wildman–Crippen LogP) is 1.56. The van der Waals surface area contributed by atoms with Crippen molar-refractivity contribution in [3.63, 3.8) is 0 Å². The van der Waals surface area contributed by atoms with Crippen LogP contribution in [0.4, 0.5) is 0 Å². The summed E-state index contributed by atoms with van der Waals surface area (Å²) in [7, 11) is 1.71. The van der Waals surface area contributed by atoms with Crippen LogP contribution >= 0.6 is 23.7 Å². The number of hydrogen-bond acceptors (Lipinski definition) is 6. The standard InChI is InChI=1S/C16H23N5O2S.ClH/c1-23-12-16(4-6-17-7-5-16)11-18-15(22)14-10-21(20-19-14)9-13-3-2-8-24-13;/h2-3,8,10,17H,4-7,9,11-12H2,1H3,(H,18,22);1H. The summed E-state index contributed by atoms with van der Waals surface area (Å²) < 4.78 is 7.07. The minimum Gasteiger partial charge on any atom is -0.384 e. The highest BCUT2D eigenvalue weighted by Gasteiger charge is 2.32. The second-order valence-electron chi connectivity index (χ2n) is 6.25. The monoisotopic (exact) mass is 385 g/mol. The third-order valence-corrected chi connectivity index (χ3v) is 5.27. The number of nitrogens with zero attached hydrogens (tertiary/aromatic N) is 3. The highest BCUT2D eigenvalue weighted by atomic mass is 35.5. The van der Waals surface area contributed by atoms with Crippen LogP contribution in [0, 0.1) is 5.41 Å². The summed E-state index contributed by atoms with van der Waals surface area (Å²) in [6, 6.07) is 4.04. The van der Waals surface area contributed by atoms with Crippen LogP contribution in [0.1, 0.15) is 28.2 Å². The maximum absolute atomic E-state index is 12.4. The minimum atomic E-state index is -0.179. The molecule has 0 aromatic carbocycles. The van der Waals surface area contributed by atoms with Gasteiger partial charge in [0.25, 0.3) is 5.91 Å². The van der Waals surface area contributed by atoms with Crippen molar-refractivity contribution < 1.29 is 9.53 Å². The number of ether oxygens (including phenoxy) is 1. The van der Waals surface area contributed by atoms with Crippen molar-refractivity contribution in [2.24, 2.45) is 5.41 Å². The Balaban J connectivity index is 0.00000225. The van der Waals surface area contributed by atoms with Crippen molar-refractivity contribution in [1.82, 2.24) is 25.6 Å². The second kappa shape index (κ2) is 9.28. The normalized spacial score (nSPS) is 16.2.